The lowest BCUT2D eigenvalue weighted by Gasteiger charge is -2.37. The maximum Gasteiger partial charge on any atom is 0.205 e. The van der Waals surface area contributed by atoms with Gasteiger partial charge in [-0.2, -0.15) is 5.26 Å². The fraction of sp³-hybridized carbons (Fsp3) is 0.174. The molecule has 4 nitrogen and oxygen atoms in total. The Morgan fingerprint density at radius 1 is 1.14 bits per heavy atom. The van der Waals surface area contributed by atoms with Crippen LogP contribution in [0.1, 0.15) is 17.0 Å². The summed E-state index contributed by atoms with van der Waals surface area (Å²) in [5.74, 6) is 0.565. The number of hydrogen-bond acceptors (Lipinski definition) is 4. The Balaban J connectivity index is 1.88. The van der Waals surface area contributed by atoms with Crippen LogP contribution in [0.15, 0.2) is 76.9 Å². The van der Waals surface area contributed by atoms with Gasteiger partial charge in [-0.15, -0.1) is 0 Å². The molecule has 6 heteroatoms. The van der Waals surface area contributed by atoms with E-state index in [0.717, 1.165) is 28.0 Å². The topological polar surface area (TPSA) is 62.3 Å². The first-order valence-electron chi connectivity index (χ1n) is 9.17. The molecule has 0 aromatic heterocycles. The fourth-order valence-corrected chi connectivity index (χ4v) is 4.30. The molecule has 0 saturated carbocycles. The van der Waals surface area contributed by atoms with Crippen molar-refractivity contribution in [3.8, 4) is 6.07 Å². The summed E-state index contributed by atoms with van der Waals surface area (Å²) in [6.45, 7) is 1.36. The third-order valence-corrected chi connectivity index (χ3v) is 5.54. The molecule has 0 aliphatic carbocycles. The maximum absolute atomic E-state index is 9.78. The second kappa shape index (κ2) is 7.96. The van der Waals surface area contributed by atoms with Crippen molar-refractivity contribution in [1.82, 2.24) is 4.90 Å². The fourth-order valence-electron chi connectivity index (χ4n) is 3.90. The summed E-state index contributed by atoms with van der Waals surface area (Å²) in [5.41, 5.74) is 10.5. The summed E-state index contributed by atoms with van der Waals surface area (Å²) in [6, 6.07) is 17.4. The molecule has 0 amide bonds. The van der Waals surface area contributed by atoms with Gasteiger partial charge in [-0.05, 0) is 54.1 Å². The first-order chi connectivity index (χ1) is 14.0. The number of allylic oxidation sites excluding steroid dienone is 1. The highest BCUT2D eigenvalue weighted by Gasteiger charge is 2.37. The summed E-state index contributed by atoms with van der Waals surface area (Å²) in [5, 5.41) is 11.1. The molecule has 2 aromatic rings. The molecular formula is C23H19Cl2N3O. The highest BCUT2D eigenvalue weighted by atomic mass is 35.5. The summed E-state index contributed by atoms with van der Waals surface area (Å²) in [7, 11) is 2.04. The van der Waals surface area contributed by atoms with Crippen molar-refractivity contribution in [2.45, 2.75) is 5.92 Å². The number of halogens is 2. The minimum atomic E-state index is -0.298. The lowest BCUT2D eigenvalue weighted by Crippen LogP contribution is -2.35. The molecule has 2 aliphatic rings. The number of nitrogens with zero attached hydrogens (tertiary/aromatic N) is 2. The van der Waals surface area contributed by atoms with Crippen LogP contribution >= 0.6 is 23.2 Å². The number of hydrogen-bond donors (Lipinski definition) is 1. The van der Waals surface area contributed by atoms with Gasteiger partial charge in [0.25, 0.3) is 0 Å². The Morgan fingerprint density at radius 2 is 1.86 bits per heavy atom. The van der Waals surface area contributed by atoms with Crippen LogP contribution < -0.4 is 5.73 Å². The van der Waals surface area contributed by atoms with Crippen LogP contribution in [0.4, 0.5) is 0 Å². The summed E-state index contributed by atoms with van der Waals surface area (Å²) >= 11 is 12.4. The SMILES string of the molecule is CN1CC2=C(OC(N)=C(C#N)[C@@H]2c2cccc(Cl)c2)/C(=C/c2cccc(Cl)c2)C1. The first-order valence-corrected chi connectivity index (χ1v) is 9.93. The van der Waals surface area contributed by atoms with Gasteiger partial charge in [0, 0.05) is 28.7 Å². The van der Waals surface area contributed by atoms with E-state index in [2.05, 4.69) is 17.0 Å². The number of ether oxygens (including phenoxy) is 1. The van der Waals surface area contributed by atoms with Crippen LogP contribution in [0.25, 0.3) is 6.08 Å². The molecule has 0 bridgehead atoms. The molecule has 2 aromatic carbocycles. The molecule has 2 heterocycles. The highest BCUT2D eigenvalue weighted by molar-refractivity contribution is 6.31. The average Bonchev–Trinajstić information content (AvgIpc) is 2.67. The van der Waals surface area contributed by atoms with Gasteiger partial charge in [-0.3, -0.25) is 4.90 Å². The molecular weight excluding hydrogens is 405 g/mol. The Labute approximate surface area is 180 Å². The van der Waals surface area contributed by atoms with Gasteiger partial charge in [0.2, 0.25) is 5.88 Å². The van der Waals surface area contributed by atoms with Crippen molar-refractivity contribution in [2.24, 2.45) is 5.73 Å². The smallest absolute Gasteiger partial charge is 0.205 e. The second-order valence-electron chi connectivity index (χ2n) is 7.23. The van der Waals surface area contributed by atoms with E-state index in [1.54, 1.807) is 0 Å². The van der Waals surface area contributed by atoms with Crippen LogP contribution in [-0.2, 0) is 4.74 Å². The van der Waals surface area contributed by atoms with Crippen LogP contribution in [0.3, 0.4) is 0 Å². The quantitative estimate of drug-likeness (QED) is 0.730. The van der Waals surface area contributed by atoms with E-state index in [-0.39, 0.29) is 11.8 Å². The van der Waals surface area contributed by atoms with Gasteiger partial charge in [0.05, 0.1) is 5.92 Å². The molecule has 0 saturated heterocycles. The van der Waals surface area contributed by atoms with E-state index in [1.807, 2.05) is 55.6 Å². The lowest BCUT2D eigenvalue weighted by atomic mass is 9.80. The predicted octanol–water partition coefficient (Wildman–Crippen LogP) is 5.08. The zero-order valence-electron chi connectivity index (χ0n) is 15.8. The van der Waals surface area contributed by atoms with E-state index in [0.29, 0.717) is 28.7 Å². The van der Waals surface area contributed by atoms with Gasteiger partial charge in [0.1, 0.15) is 17.4 Å². The second-order valence-corrected chi connectivity index (χ2v) is 8.10. The predicted molar refractivity (Wildman–Crippen MR) is 116 cm³/mol. The Kier molecular flexibility index (Phi) is 5.38. The molecule has 29 heavy (non-hydrogen) atoms. The van der Waals surface area contributed by atoms with E-state index in [4.69, 9.17) is 33.7 Å². The Morgan fingerprint density at radius 3 is 2.55 bits per heavy atom. The van der Waals surface area contributed by atoms with Crippen molar-refractivity contribution < 1.29 is 4.74 Å². The van der Waals surface area contributed by atoms with E-state index in [1.165, 1.54) is 0 Å². The Bertz CT molecular complexity index is 1110. The minimum absolute atomic E-state index is 0.137. The van der Waals surface area contributed by atoms with Gasteiger partial charge in [-0.1, -0.05) is 47.5 Å². The third-order valence-electron chi connectivity index (χ3n) is 5.07. The zero-order valence-corrected chi connectivity index (χ0v) is 17.3. The normalized spacial score (nSPS) is 21.0. The summed E-state index contributed by atoms with van der Waals surface area (Å²) in [6.07, 6.45) is 2.05. The van der Waals surface area contributed by atoms with Crippen molar-refractivity contribution in [2.75, 3.05) is 20.1 Å². The molecule has 2 N–H and O–H groups in total. The zero-order chi connectivity index (χ0) is 20.5. The highest BCUT2D eigenvalue weighted by Crippen LogP contribution is 2.43. The van der Waals surface area contributed by atoms with Crippen molar-refractivity contribution >= 4 is 29.3 Å². The number of likely N-dealkylation sites (N-methyl/N-ethyl adjacent to an activating group) is 1. The lowest BCUT2D eigenvalue weighted by molar-refractivity contribution is 0.251. The van der Waals surface area contributed by atoms with Crippen molar-refractivity contribution in [3.05, 3.63) is 98.1 Å². The van der Waals surface area contributed by atoms with Crippen LogP contribution in [0.5, 0.6) is 0 Å². The third kappa shape index (κ3) is 3.90. The van der Waals surface area contributed by atoms with Crippen LogP contribution in [0, 0.1) is 11.3 Å². The molecule has 2 aliphatic heterocycles. The summed E-state index contributed by atoms with van der Waals surface area (Å²) < 4.78 is 5.99. The maximum atomic E-state index is 9.78. The number of nitriles is 1. The number of benzene rings is 2. The molecule has 0 unspecified atom stereocenters. The van der Waals surface area contributed by atoms with E-state index < -0.39 is 0 Å². The number of rotatable bonds is 2. The van der Waals surface area contributed by atoms with Crippen molar-refractivity contribution in [3.63, 3.8) is 0 Å². The average molecular weight is 424 g/mol. The monoisotopic (exact) mass is 423 g/mol. The number of nitrogens with two attached hydrogens (primary N) is 1. The van der Waals surface area contributed by atoms with Gasteiger partial charge >= 0.3 is 0 Å². The molecule has 0 spiro atoms. The standard InChI is InChI=1S/C23H19Cl2N3O/c1-28-12-16(8-14-4-2-6-17(24)9-14)22-20(13-28)21(19(11-26)23(27)29-22)15-5-3-7-18(25)10-15/h2-10,21H,12-13,27H2,1H3/b16-8+/t21-/m0/s1. The van der Waals surface area contributed by atoms with E-state index >= 15 is 0 Å². The molecule has 4 rings (SSSR count). The molecule has 0 radical (unpaired) electrons. The largest absolute Gasteiger partial charge is 0.440 e. The van der Waals surface area contributed by atoms with Crippen LogP contribution in [-0.4, -0.2) is 25.0 Å². The van der Waals surface area contributed by atoms with Gasteiger partial charge in [0.15, 0.2) is 0 Å². The Hall–Kier alpha value is -2.71. The van der Waals surface area contributed by atoms with Gasteiger partial charge < -0.3 is 10.5 Å². The molecule has 1 atom stereocenters. The van der Waals surface area contributed by atoms with Crippen LogP contribution in [0.2, 0.25) is 10.0 Å². The molecule has 0 fully saturated rings. The first kappa shape index (κ1) is 19.6. The van der Waals surface area contributed by atoms with E-state index in [9.17, 15) is 5.26 Å². The van der Waals surface area contributed by atoms with Crippen molar-refractivity contribution in [1.29, 1.82) is 5.26 Å². The molecule has 146 valence electrons. The van der Waals surface area contributed by atoms with Gasteiger partial charge in [-0.25, -0.2) is 0 Å². The summed E-state index contributed by atoms with van der Waals surface area (Å²) in [4.78, 5) is 2.19. The minimum Gasteiger partial charge on any atom is -0.440 e.